The van der Waals surface area contributed by atoms with Gasteiger partial charge in [0.05, 0.1) is 25.6 Å². The van der Waals surface area contributed by atoms with Gasteiger partial charge in [-0.3, -0.25) is 14.5 Å². The zero-order chi connectivity index (χ0) is 23.4. The van der Waals surface area contributed by atoms with E-state index in [0.29, 0.717) is 43.8 Å². The van der Waals surface area contributed by atoms with Crippen LogP contribution in [0.3, 0.4) is 0 Å². The summed E-state index contributed by atoms with van der Waals surface area (Å²) in [5.74, 6) is 1.53. The number of pyridine rings is 1. The van der Waals surface area contributed by atoms with Crippen LogP contribution in [0.15, 0.2) is 51.7 Å². The average Bonchev–Trinajstić information content (AvgIpc) is 3.25. The van der Waals surface area contributed by atoms with E-state index >= 15 is 0 Å². The lowest BCUT2D eigenvalue weighted by Crippen LogP contribution is -2.19. The molecule has 2 N–H and O–H groups in total. The Balaban J connectivity index is 1.37. The van der Waals surface area contributed by atoms with Gasteiger partial charge in [0.2, 0.25) is 5.13 Å². The molecular weight excluding hydrogens is 464 g/mol. The lowest BCUT2D eigenvalue weighted by Gasteiger charge is -2.11. The Morgan fingerprint density at radius 1 is 1.12 bits per heavy atom. The van der Waals surface area contributed by atoms with Crippen LogP contribution < -0.4 is 25.7 Å². The molecule has 3 heterocycles. The molecule has 0 atom stereocenters. The highest BCUT2D eigenvalue weighted by Gasteiger charge is 2.13. The van der Waals surface area contributed by atoms with Crippen LogP contribution in [0.5, 0.6) is 11.5 Å². The van der Waals surface area contributed by atoms with Crippen molar-refractivity contribution in [2.24, 2.45) is 0 Å². The smallest absolute Gasteiger partial charge is 0.325 e. The molecule has 4 rings (SSSR count). The summed E-state index contributed by atoms with van der Waals surface area (Å²) >= 11 is 2.61. The van der Waals surface area contributed by atoms with Gasteiger partial charge in [0.15, 0.2) is 4.34 Å². The Kier molecular flexibility index (Phi) is 6.75. The highest BCUT2D eigenvalue weighted by Crippen LogP contribution is 2.30. The normalized spacial score (nSPS) is 10.8. The molecular formula is C21H20N6O4S2. The minimum atomic E-state index is -0.481. The van der Waals surface area contributed by atoms with Crippen molar-refractivity contribution in [1.82, 2.24) is 19.6 Å². The van der Waals surface area contributed by atoms with Gasteiger partial charge in [-0.2, -0.15) is 0 Å². The molecule has 33 heavy (non-hydrogen) atoms. The summed E-state index contributed by atoms with van der Waals surface area (Å²) in [5.41, 5.74) is 2.57. The maximum Gasteiger partial charge on any atom is 0.325 e. The number of hydrogen-bond acceptors (Lipinski definition) is 9. The van der Waals surface area contributed by atoms with Crippen molar-refractivity contribution in [2.75, 3.05) is 24.9 Å². The molecule has 0 spiro atoms. The highest BCUT2D eigenvalue weighted by molar-refractivity contribution is 8.00. The number of carbonyl (C=O) groups is 1. The predicted molar refractivity (Wildman–Crippen MR) is 128 cm³/mol. The Morgan fingerprint density at radius 2 is 1.97 bits per heavy atom. The third-order valence-electron chi connectivity index (χ3n) is 4.49. The largest absolute Gasteiger partial charge is 0.497 e. The van der Waals surface area contributed by atoms with Gasteiger partial charge in [0, 0.05) is 24.1 Å². The van der Waals surface area contributed by atoms with E-state index in [1.807, 2.05) is 19.1 Å². The van der Waals surface area contributed by atoms with Gasteiger partial charge in [0.25, 0.3) is 5.56 Å². The summed E-state index contributed by atoms with van der Waals surface area (Å²) in [6, 6.07) is 9.82. The van der Waals surface area contributed by atoms with Crippen LogP contribution in [0.2, 0.25) is 0 Å². The zero-order valence-electron chi connectivity index (χ0n) is 18.0. The highest BCUT2D eigenvalue weighted by atomic mass is 32.2. The Labute approximate surface area is 197 Å². The second-order valence-corrected chi connectivity index (χ2v) is 9.03. The van der Waals surface area contributed by atoms with E-state index in [1.54, 1.807) is 31.5 Å². The number of hydrogen-bond donors (Lipinski definition) is 2. The summed E-state index contributed by atoms with van der Waals surface area (Å²) in [4.78, 5) is 29.2. The van der Waals surface area contributed by atoms with E-state index in [2.05, 4.69) is 25.8 Å². The van der Waals surface area contributed by atoms with Gasteiger partial charge < -0.3 is 14.8 Å². The first-order valence-corrected chi connectivity index (χ1v) is 11.5. The fourth-order valence-corrected chi connectivity index (χ4v) is 4.58. The van der Waals surface area contributed by atoms with E-state index in [-0.39, 0.29) is 5.56 Å². The number of thioether (sulfide) groups is 1. The summed E-state index contributed by atoms with van der Waals surface area (Å²) < 4.78 is 12.6. The molecule has 0 bridgehead atoms. The van der Waals surface area contributed by atoms with Crippen LogP contribution in [0.25, 0.3) is 5.65 Å². The van der Waals surface area contributed by atoms with Crippen LogP contribution in [-0.4, -0.2) is 39.8 Å². The second kappa shape index (κ2) is 9.88. The minimum absolute atomic E-state index is 0.135. The number of ether oxygens (including phenoxy) is 2. The second-order valence-electron chi connectivity index (χ2n) is 6.83. The van der Waals surface area contributed by atoms with Crippen molar-refractivity contribution in [3.63, 3.8) is 0 Å². The van der Waals surface area contributed by atoms with E-state index in [0.717, 1.165) is 5.56 Å². The molecule has 0 saturated carbocycles. The Hall–Kier alpha value is -3.64. The quantitative estimate of drug-likeness (QED) is 0.300. The van der Waals surface area contributed by atoms with Crippen molar-refractivity contribution in [2.45, 2.75) is 17.0 Å². The van der Waals surface area contributed by atoms with E-state index < -0.39 is 6.03 Å². The lowest BCUT2D eigenvalue weighted by atomic mass is 10.2. The molecule has 0 aliphatic heterocycles. The van der Waals surface area contributed by atoms with Crippen molar-refractivity contribution in [3.8, 4) is 11.5 Å². The van der Waals surface area contributed by atoms with Crippen molar-refractivity contribution in [3.05, 3.63) is 64.2 Å². The van der Waals surface area contributed by atoms with Gasteiger partial charge >= 0.3 is 6.03 Å². The number of nitrogens with zero attached hydrogens (tertiary/aromatic N) is 4. The number of benzene rings is 1. The molecule has 0 fully saturated rings. The predicted octanol–water partition coefficient (Wildman–Crippen LogP) is 3.81. The topological polar surface area (TPSA) is 120 Å². The summed E-state index contributed by atoms with van der Waals surface area (Å²) in [7, 11) is 3.06. The molecule has 0 unspecified atom stereocenters. The number of aryl methyl sites for hydroxylation is 1. The molecule has 12 heteroatoms. The molecule has 0 aliphatic rings. The monoisotopic (exact) mass is 484 g/mol. The van der Waals surface area contributed by atoms with Gasteiger partial charge in [-0.25, -0.2) is 9.78 Å². The fourth-order valence-electron chi connectivity index (χ4n) is 2.94. The molecule has 2 amide bonds. The molecule has 4 aromatic rings. The minimum Gasteiger partial charge on any atom is -0.497 e. The third-order valence-corrected chi connectivity index (χ3v) is 6.49. The van der Waals surface area contributed by atoms with Crippen LogP contribution in [0.1, 0.15) is 11.3 Å². The number of nitrogens with one attached hydrogen (secondary N) is 2. The average molecular weight is 485 g/mol. The molecule has 0 radical (unpaired) electrons. The van der Waals surface area contributed by atoms with Gasteiger partial charge in [-0.1, -0.05) is 29.2 Å². The Morgan fingerprint density at radius 3 is 2.76 bits per heavy atom. The number of methoxy groups -OCH3 is 2. The van der Waals surface area contributed by atoms with Crippen LogP contribution >= 0.6 is 23.1 Å². The standard InChI is InChI=1S/C21H20N6O4S2/c1-12-4-7-17-22-13(8-18(28)27(17)10-12)11-32-21-26-25-20(33-21)24-19(29)23-15-6-5-14(30-2)9-16(15)31-3/h4-10H,11H2,1-3H3,(H2,23,24,25,29). The van der Waals surface area contributed by atoms with E-state index in [9.17, 15) is 9.59 Å². The van der Waals surface area contributed by atoms with Crippen molar-refractivity contribution in [1.29, 1.82) is 0 Å². The van der Waals surface area contributed by atoms with Crippen molar-refractivity contribution < 1.29 is 14.3 Å². The number of amides is 2. The van der Waals surface area contributed by atoms with Gasteiger partial charge in [0.1, 0.15) is 17.1 Å². The van der Waals surface area contributed by atoms with Crippen LogP contribution in [-0.2, 0) is 5.75 Å². The first-order chi connectivity index (χ1) is 15.9. The molecule has 170 valence electrons. The molecule has 0 saturated heterocycles. The van der Waals surface area contributed by atoms with Gasteiger partial charge in [-0.15, -0.1) is 10.2 Å². The van der Waals surface area contributed by atoms with E-state index in [4.69, 9.17) is 9.47 Å². The zero-order valence-corrected chi connectivity index (χ0v) is 19.6. The first kappa shape index (κ1) is 22.6. The first-order valence-electron chi connectivity index (χ1n) is 9.70. The van der Waals surface area contributed by atoms with Crippen molar-refractivity contribution >= 4 is 45.6 Å². The summed E-state index contributed by atoms with van der Waals surface area (Å²) in [5, 5.41) is 13.8. The van der Waals surface area contributed by atoms with Crippen LogP contribution in [0, 0.1) is 6.92 Å². The number of urea groups is 1. The number of carbonyl (C=O) groups excluding carboxylic acids is 1. The SMILES string of the molecule is COc1ccc(NC(=O)Nc2nnc(SCc3cc(=O)n4cc(C)ccc4n3)s2)c(OC)c1. The number of rotatable bonds is 7. The summed E-state index contributed by atoms with van der Waals surface area (Å²) in [6.07, 6.45) is 1.76. The third kappa shape index (κ3) is 5.41. The van der Waals surface area contributed by atoms with E-state index in [1.165, 1.54) is 40.7 Å². The maximum atomic E-state index is 12.4. The lowest BCUT2D eigenvalue weighted by molar-refractivity contribution is 0.262. The number of anilines is 2. The van der Waals surface area contributed by atoms with Gasteiger partial charge in [-0.05, 0) is 30.7 Å². The number of fused-ring (bicyclic) bond motifs is 1. The Bertz CT molecular complexity index is 1370. The maximum absolute atomic E-state index is 12.4. The van der Waals surface area contributed by atoms with Crippen LogP contribution in [0.4, 0.5) is 15.6 Å². The summed E-state index contributed by atoms with van der Waals surface area (Å²) in [6.45, 7) is 1.92. The fraction of sp³-hybridized carbons (Fsp3) is 0.190. The number of aromatic nitrogens is 4. The molecule has 10 nitrogen and oxygen atoms in total. The molecule has 1 aromatic carbocycles. The molecule has 0 aliphatic carbocycles. The molecule has 3 aromatic heterocycles.